The van der Waals surface area contributed by atoms with Gasteiger partial charge < -0.3 is 15.2 Å². The van der Waals surface area contributed by atoms with Crippen molar-refractivity contribution in [2.45, 2.75) is 32.8 Å². The topological polar surface area (TPSA) is 88.5 Å². The molecule has 0 atom stereocenters. The Kier molecular flexibility index (Phi) is 6.37. The molecular formula is C15H19ClN2O4. The first-order valence-electron chi connectivity index (χ1n) is 6.71. The van der Waals surface area contributed by atoms with Gasteiger partial charge in [0.15, 0.2) is 5.69 Å². The van der Waals surface area contributed by atoms with Crippen molar-refractivity contribution in [3.05, 3.63) is 34.6 Å². The molecule has 0 aliphatic carbocycles. The summed E-state index contributed by atoms with van der Waals surface area (Å²) in [4.78, 5) is 25.9. The maximum absolute atomic E-state index is 11.4. The average Bonchev–Trinajstić information content (AvgIpc) is 2.35. The highest BCUT2D eigenvalue weighted by molar-refractivity contribution is 6.33. The van der Waals surface area contributed by atoms with Gasteiger partial charge in [0.25, 0.3) is 0 Å². The number of hydrogen-bond donors (Lipinski definition) is 2. The number of carboxylic acid groups (broad SMARTS) is 1. The smallest absolute Gasteiger partial charge is 0.407 e. The maximum Gasteiger partial charge on any atom is 0.407 e. The van der Waals surface area contributed by atoms with Crippen LogP contribution in [0.15, 0.2) is 18.3 Å². The molecule has 0 unspecified atom stereocenters. The molecule has 0 radical (unpaired) electrons. The van der Waals surface area contributed by atoms with Crippen molar-refractivity contribution in [3.63, 3.8) is 0 Å². The zero-order valence-electron chi connectivity index (χ0n) is 12.7. The first kappa shape index (κ1) is 18.0. The summed E-state index contributed by atoms with van der Waals surface area (Å²) < 4.78 is 5.10. The third-order valence-electron chi connectivity index (χ3n) is 2.35. The van der Waals surface area contributed by atoms with Crippen molar-refractivity contribution in [3.8, 4) is 0 Å². The summed E-state index contributed by atoms with van der Waals surface area (Å²) in [5.74, 6) is -1.16. The lowest BCUT2D eigenvalue weighted by Crippen LogP contribution is -2.32. The zero-order chi connectivity index (χ0) is 16.8. The summed E-state index contributed by atoms with van der Waals surface area (Å²) in [5, 5.41) is 11.5. The molecule has 0 saturated heterocycles. The van der Waals surface area contributed by atoms with Crippen molar-refractivity contribution < 1.29 is 19.4 Å². The highest BCUT2D eigenvalue weighted by Gasteiger charge is 2.15. The molecule has 0 saturated carbocycles. The molecule has 0 spiro atoms. The third kappa shape index (κ3) is 6.58. The van der Waals surface area contributed by atoms with E-state index in [2.05, 4.69) is 10.3 Å². The zero-order valence-corrected chi connectivity index (χ0v) is 13.5. The second-order valence-corrected chi connectivity index (χ2v) is 5.93. The summed E-state index contributed by atoms with van der Waals surface area (Å²) in [6, 6.07) is 1.52. The summed E-state index contributed by atoms with van der Waals surface area (Å²) in [6.45, 7) is 5.82. The number of carbonyl (C=O) groups excluding carboxylic acids is 1. The number of halogens is 1. The number of pyridine rings is 1. The van der Waals surface area contributed by atoms with E-state index in [9.17, 15) is 9.59 Å². The Morgan fingerprint density at radius 2 is 2.14 bits per heavy atom. The first-order valence-corrected chi connectivity index (χ1v) is 7.09. The monoisotopic (exact) mass is 326 g/mol. The molecule has 0 aliphatic rings. The quantitative estimate of drug-likeness (QED) is 0.810. The largest absolute Gasteiger partial charge is 0.476 e. The Morgan fingerprint density at radius 3 is 2.68 bits per heavy atom. The van der Waals surface area contributed by atoms with Crippen molar-refractivity contribution in [1.29, 1.82) is 0 Å². The first-order chi connectivity index (χ1) is 10.2. The molecule has 1 aromatic rings. The molecule has 0 fully saturated rings. The Bertz CT molecular complexity index is 579. The molecular weight excluding hydrogens is 308 g/mol. The number of alkyl carbamates (subject to hydrolysis) is 1. The van der Waals surface area contributed by atoms with E-state index in [1.54, 1.807) is 26.8 Å². The number of nitrogens with zero attached hydrogens (tertiary/aromatic N) is 1. The van der Waals surface area contributed by atoms with Gasteiger partial charge in [0.05, 0.1) is 5.02 Å². The van der Waals surface area contributed by atoms with Gasteiger partial charge in [0, 0.05) is 12.7 Å². The van der Waals surface area contributed by atoms with Crippen molar-refractivity contribution in [2.75, 3.05) is 6.54 Å². The lowest BCUT2D eigenvalue weighted by molar-refractivity contribution is 0.0528. The van der Waals surface area contributed by atoms with Crippen molar-refractivity contribution in [2.24, 2.45) is 0 Å². The molecule has 0 bridgehead atoms. The molecule has 1 amide bonds. The van der Waals surface area contributed by atoms with Crippen molar-refractivity contribution in [1.82, 2.24) is 10.3 Å². The van der Waals surface area contributed by atoms with Crippen LogP contribution in [0.4, 0.5) is 4.79 Å². The van der Waals surface area contributed by atoms with E-state index in [1.807, 2.05) is 6.08 Å². The SMILES string of the molecule is CC(C)(C)OC(=O)NCCC=Cc1cnc(C(=O)O)c(Cl)c1. The van der Waals surface area contributed by atoms with Gasteiger partial charge in [0.2, 0.25) is 0 Å². The second kappa shape index (κ2) is 7.79. The minimum atomic E-state index is -1.16. The number of carboxylic acids is 1. The average molecular weight is 327 g/mol. The van der Waals surface area contributed by atoms with Gasteiger partial charge in [-0.05, 0) is 38.8 Å². The summed E-state index contributed by atoms with van der Waals surface area (Å²) in [5.41, 5.74) is -0.00788. The molecule has 1 heterocycles. The predicted octanol–water partition coefficient (Wildman–Crippen LogP) is 3.36. The lowest BCUT2D eigenvalue weighted by Gasteiger charge is -2.19. The minimum absolute atomic E-state index is 0.0847. The van der Waals surface area contributed by atoms with E-state index >= 15 is 0 Å². The van der Waals surface area contributed by atoms with Gasteiger partial charge in [-0.15, -0.1) is 0 Å². The molecule has 2 N–H and O–H groups in total. The fourth-order valence-electron chi connectivity index (χ4n) is 1.49. The van der Waals surface area contributed by atoms with E-state index in [0.717, 1.165) is 0 Å². The van der Waals surface area contributed by atoms with Crippen LogP contribution in [0.5, 0.6) is 0 Å². The van der Waals surface area contributed by atoms with Crippen molar-refractivity contribution >= 4 is 29.7 Å². The Morgan fingerprint density at radius 1 is 1.45 bits per heavy atom. The second-order valence-electron chi connectivity index (χ2n) is 5.52. The van der Waals surface area contributed by atoms with Crippen LogP contribution < -0.4 is 5.32 Å². The van der Waals surface area contributed by atoms with Gasteiger partial charge in [-0.2, -0.15) is 0 Å². The Labute approximate surface area is 134 Å². The summed E-state index contributed by atoms with van der Waals surface area (Å²) in [6.07, 6.45) is 5.13. The fourth-order valence-corrected chi connectivity index (χ4v) is 1.75. The molecule has 1 aromatic heterocycles. The highest BCUT2D eigenvalue weighted by atomic mass is 35.5. The normalized spacial score (nSPS) is 11.5. The predicted molar refractivity (Wildman–Crippen MR) is 84.1 cm³/mol. The Balaban J connectivity index is 2.42. The van der Waals surface area contributed by atoms with Crippen LogP contribution in [0, 0.1) is 0 Å². The molecule has 0 aromatic carbocycles. The number of nitrogens with one attached hydrogen (secondary N) is 1. The molecule has 22 heavy (non-hydrogen) atoms. The number of carbonyl (C=O) groups is 2. The van der Waals surface area contributed by atoms with Crippen LogP contribution in [0.3, 0.4) is 0 Å². The van der Waals surface area contributed by atoms with Gasteiger partial charge in [0.1, 0.15) is 5.60 Å². The number of aromatic nitrogens is 1. The number of hydrogen-bond acceptors (Lipinski definition) is 4. The van der Waals surface area contributed by atoms with Gasteiger partial charge >= 0.3 is 12.1 Å². The molecule has 120 valence electrons. The standard InChI is InChI=1S/C15H19ClN2O4/c1-15(2,3)22-14(21)17-7-5-4-6-10-8-11(16)12(13(19)20)18-9-10/h4,6,8-9H,5,7H2,1-3H3,(H,17,21)(H,19,20). The number of aromatic carboxylic acids is 1. The van der Waals surface area contributed by atoms with Gasteiger partial charge in [-0.25, -0.2) is 14.6 Å². The maximum atomic E-state index is 11.4. The van der Waals surface area contributed by atoms with Gasteiger partial charge in [-0.1, -0.05) is 23.8 Å². The Hall–Kier alpha value is -2.08. The lowest BCUT2D eigenvalue weighted by atomic mass is 10.2. The third-order valence-corrected chi connectivity index (χ3v) is 2.64. The highest BCUT2D eigenvalue weighted by Crippen LogP contribution is 2.16. The summed E-state index contributed by atoms with van der Waals surface area (Å²) in [7, 11) is 0. The van der Waals surface area contributed by atoms with E-state index < -0.39 is 17.7 Å². The van der Waals surface area contributed by atoms with Crippen LogP contribution in [0.2, 0.25) is 5.02 Å². The molecule has 7 heteroatoms. The van der Waals surface area contributed by atoms with E-state index in [4.69, 9.17) is 21.4 Å². The number of amides is 1. The number of ether oxygens (including phenoxy) is 1. The van der Waals surface area contributed by atoms with Crippen LogP contribution in [0.25, 0.3) is 6.08 Å². The molecule has 0 aliphatic heterocycles. The van der Waals surface area contributed by atoms with E-state index in [-0.39, 0.29) is 10.7 Å². The van der Waals surface area contributed by atoms with E-state index in [1.165, 1.54) is 12.3 Å². The molecule has 6 nitrogen and oxygen atoms in total. The van der Waals surface area contributed by atoms with Crippen LogP contribution >= 0.6 is 11.6 Å². The molecule has 1 rings (SSSR count). The number of rotatable bonds is 5. The van der Waals surface area contributed by atoms with Crippen LogP contribution in [0.1, 0.15) is 43.2 Å². The van der Waals surface area contributed by atoms with Crippen LogP contribution in [-0.4, -0.2) is 34.3 Å². The fraction of sp³-hybridized carbons (Fsp3) is 0.400. The summed E-state index contributed by atoms with van der Waals surface area (Å²) >= 11 is 5.82. The van der Waals surface area contributed by atoms with E-state index in [0.29, 0.717) is 18.5 Å². The van der Waals surface area contributed by atoms with Crippen LogP contribution in [-0.2, 0) is 4.74 Å². The van der Waals surface area contributed by atoms with Gasteiger partial charge in [-0.3, -0.25) is 0 Å². The minimum Gasteiger partial charge on any atom is -0.476 e.